The zero-order chi connectivity index (χ0) is 17.1. The molecule has 1 atom stereocenters. The molecule has 23 heavy (non-hydrogen) atoms. The summed E-state index contributed by atoms with van der Waals surface area (Å²) >= 11 is 0. The molecule has 0 aliphatic rings. The molecule has 0 heterocycles. The van der Waals surface area contributed by atoms with Crippen molar-refractivity contribution in [3.05, 3.63) is 35.9 Å². The van der Waals surface area contributed by atoms with Gasteiger partial charge in [0.25, 0.3) is 0 Å². The third-order valence-corrected chi connectivity index (χ3v) is 3.13. The largest absolute Gasteiger partial charge is 0.445 e. The summed E-state index contributed by atoms with van der Waals surface area (Å²) in [5.74, 6) is -1.07. The Morgan fingerprint density at radius 3 is 2.52 bits per heavy atom. The maximum Gasteiger partial charge on any atom is 0.407 e. The van der Waals surface area contributed by atoms with Crippen LogP contribution in [0.3, 0.4) is 0 Å². The Morgan fingerprint density at radius 2 is 1.91 bits per heavy atom. The zero-order valence-corrected chi connectivity index (χ0v) is 13.2. The summed E-state index contributed by atoms with van der Waals surface area (Å²) in [6, 6.07) is 8.47. The van der Waals surface area contributed by atoms with E-state index in [0.717, 1.165) is 18.4 Å². The SMILES string of the molecule is CCCC[C@@H](NC(=O)CNC(=O)OCc1ccccc1)C(N)=O. The quantitative estimate of drug-likeness (QED) is 0.632. The van der Waals surface area contributed by atoms with Crippen molar-refractivity contribution in [3.63, 3.8) is 0 Å². The minimum absolute atomic E-state index is 0.120. The Labute approximate surface area is 135 Å². The van der Waals surface area contributed by atoms with Crippen LogP contribution >= 0.6 is 0 Å². The first-order valence-electron chi connectivity index (χ1n) is 7.56. The van der Waals surface area contributed by atoms with Gasteiger partial charge in [-0.15, -0.1) is 0 Å². The molecule has 0 saturated heterocycles. The number of hydrogen-bond donors (Lipinski definition) is 3. The van der Waals surface area contributed by atoms with Gasteiger partial charge in [0.1, 0.15) is 19.2 Å². The van der Waals surface area contributed by atoms with Crippen LogP contribution in [-0.4, -0.2) is 30.5 Å². The number of unbranched alkanes of at least 4 members (excludes halogenated alkanes) is 1. The lowest BCUT2D eigenvalue weighted by Gasteiger charge is -2.15. The first kappa shape index (κ1) is 18.5. The summed E-state index contributed by atoms with van der Waals surface area (Å²) in [6.07, 6.45) is 1.45. The van der Waals surface area contributed by atoms with Crippen LogP contribution in [0.2, 0.25) is 0 Å². The number of primary amides is 1. The van der Waals surface area contributed by atoms with Gasteiger partial charge in [0.05, 0.1) is 0 Å². The number of alkyl carbamates (subject to hydrolysis) is 1. The van der Waals surface area contributed by atoms with Crippen molar-refractivity contribution in [1.29, 1.82) is 0 Å². The highest BCUT2D eigenvalue weighted by atomic mass is 16.5. The number of nitrogens with one attached hydrogen (secondary N) is 2. The standard InChI is InChI=1S/C16H23N3O4/c1-2-3-9-13(15(17)21)19-14(20)10-18-16(22)23-11-12-7-5-4-6-8-12/h4-8,13H,2-3,9-11H2,1H3,(H2,17,21)(H,18,22)(H,19,20)/t13-/m1/s1. The number of carbonyl (C=O) groups excluding carboxylic acids is 3. The fourth-order valence-corrected chi connectivity index (χ4v) is 1.87. The third-order valence-electron chi connectivity index (χ3n) is 3.13. The third kappa shape index (κ3) is 7.85. The van der Waals surface area contributed by atoms with Crippen LogP contribution in [0.15, 0.2) is 30.3 Å². The highest BCUT2D eigenvalue weighted by Crippen LogP contribution is 2.01. The van der Waals surface area contributed by atoms with E-state index in [4.69, 9.17) is 10.5 Å². The number of amides is 3. The molecular weight excluding hydrogens is 298 g/mol. The second-order valence-corrected chi connectivity index (χ2v) is 5.08. The molecule has 0 aliphatic carbocycles. The molecule has 4 N–H and O–H groups in total. The van der Waals surface area contributed by atoms with Crippen molar-refractivity contribution in [1.82, 2.24) is 10.6 Å². The molecule has 0 saturated carbocycles. The Morgan fingerprint density at radius 1 is 1.22 bits per heavy atom. The van der Waals surface area contributed by atoms with Gasteiger partial charge >= 0.3 is 6.09 Å². The molecule has 0 spiro atoms. The second kappa shape index (κ2) is 10.2. The van der Waals surface area contributed by atoms with Crippen molar-refractivity contribution in [2.75, 3.05) is 6.54 Å². The lowest BCUT2D eigenvalue weighted by atomic mass is 10.1. The number of ether oxygens (including phenoxy) is 1. The molecular formula is C16H23N3O4. The fraction of sp³-hybridized carbons (Fsp3) is 0.438. The highest BCUT2D eigenvalue weighted by molar-refractivity contribution is 5.88. The lowest BCUT2D eigenvalue weighted by molar-refractivity contribution is -0.127. The predicted octanol–water partition coefficient (Wildman–Crippen LogP) is 1.07. The summed E-state index contributed by atoms with van der Waals surface area (Å²) in [6.45, 7) is 1.82. The van der Waals surface area contributed by atoms with Gasteiger partial charge in [-0.05, 0) is 12.0 Å². The number of hydrogen-bond acceptors (Lipinski definition) is 4. The predicted molar refractivity (Wildman–Crippen MR) is 85.3 cm³/mol. The van der Waals surface area contributed by atoms with Gasteiger partial charge < -0.3 is 21.1 Å². The van der Waals surface area contributed by atoms with E-state index in [1.54, 1.807) is 0 Å². The number of benzene rings is 1. The minimum atomic E-state index is -0.718. The van der Waals surface area contributed by atoms with Crippen molar-refractivity contribution in [3.8, 4) is 0 Å². The van der Waals surface area contributed by atoms with Crippen LogP contribution in [-0.2, 0) is 20.9 Å². The average Bonchev–Trinajstić information content (AvgIpc) is 2.55. The van der Waals surface area contributed by atoms with Crippen LogP contribution in [0, 0.1) is 0 Å². The van der Waals surface area contributed by atoms with E-state index in [9.17, 15) is 14.4 Å². The van der Waals surface area contributed by atoms with Crippen LogP contribution in [0.4, 0.5) is 4.79 Å². The minimum Gasteiger partial charge on any atom is -0.445 e. The van der Waals surface area contributed by atoms with Gasteiger partial charge in [0.2, 0.25) is 11.8 Å². The lowest BCUT2D eigenvalue weighted by Crippen LogP contribution is -2.47. The molecule has 0 aromatic heterocycles. The smallest absolute Gasteiger partial charge is 0.407 e. The fourth-order valence-electron chi connectivity index (χ4n) is 1.87. The molecule has 0 aliphatic heterocycles. The molecule has 1 aromatic rings. The van der Waals surface area contributed by atoms with Crippen LogP contribution in [0.25, 0.3) is 0 Å². The van der Waals surface area contributed by atoms with Gasteiger partial charge in [0, 0.05) is 0 Å². The van der Waals surface area contributed by atoms with Crippen molar-refractivity contribution in [2.24, 2.45) is 5.73 Å². The molecule has 0 radical (unpaired) electrons. The van der Waals surface area contributed by atoms with Gasteiger partial charge in [-0.25, -0.2) is 4.79 Å². The molecule has 7 heteroatoms. The van der Waals surface area contributed by atoms with Crippen LogP contribution in [0.1, 0.15) is 31.7 Å². The van der Waals surface area contributed by atoms with Gasteiger partial charge in [-0.2, -0.15) is 0 Å². The second-order valence-electron chi connectivity index (χ2n) is 5.08. The van der Waals surface area contributed by atoms with E-state index < -0.39 is 23.9 Å². The molecule has 1 rings (SSSR count). The first-order valence-corrected chi connectivity index (χ1v) is 7.56. The Balaban J connectivity index is 2.28. The molecule has 126 valence electrons. The molecule has 3 amide bonds. The van der Waals surface area contributed by atoms with Crippen molar-refractivity contribution < 1.29 is 19.1 Å². The van der Waals surface area contributed by atoms with E-state index in [0.29, 0.717) is 6.42 Å². The topological polar surface area (TPSA) is 111 Å². The molecule has 0 fully saturated rings. The van der Waals surface area contributed by atoms with E-state index in [2.05, 4.69) is 10.6 Å². The van der Waals surface area contributed by atoms with Gasteiger partial charge in [-0.3, -0.25) is 9.59 Å². The molecule has 7 nitrogen and oxygen atoms in total. The van der Waals surface area contributed by atoms with E-state index >= 15 is 0 Å². The van der Waals surface area contributed by atoms with Crippen LogP contribution < -0.4 is 16.4 Å². The Kier molecular flexibility index (Phi) is 8.20. The average molecular weight is 321 g/mol. The summed E-state index contributed by atoms with van der Waals surface area (Å²) < 4.78 is 4.97. The van der Waals surface area contributed by atoms with Gasteiger partial charge in [-0.1, -0.05) is 50.1 Å². The van der Waals surface area contributed by atoms with E-state index in [1.165, 1.54) is 0 Å². The van der Waals surface area contributed by atoms with Gasteiger partial charge in [0.15, 0.2) is 0 Å². The Bertz CT molecular complexity index is 519. The zero-order valence-electron chi connectivity index (χ0n) is 13.2. The number of carbonyl (C=O) groups is 3. The summed E-state index contributed by atoms with van der Waals surface area (Å²) in [5, 5.41) is 4.82. The van der Waals surface area contributed by atoms with Crippen molar-refractivity contribution in [2.45, 2.75) is 38.8 Å². The maximum absolute atomic E-state index is 11.7. The first-order chi connectivity index (χ1) is 11.0. The molecule has 0 bridgehead atoms. The number of rotatable bonds is 9. The number of nitrogens with two attached hydrogens (primary N) is 1. The van der Waals surface area contributed by atoms with E-state index in [-0.39, 0.29) is 13.2 Å². The van der Waals surface area contributed by atoms with Crippen molar-refractivity contribution >= 4 is 17.9 Å². The highest BCUT2D eigenvalue weighted by Gasteiger charge is 2.17. The summed E-state index contributed by atoms with van der Waals surface area (Å²) in [7, 11) is 0. The maximum atomic E-state index is 11.7. The molecule has 1 aromatic carbocycles. The normalized spacial score (nSPS) is 11.3. The Hall–Kier alpha value is -2.57. The monoisotopic (exact) mass is 321 g/mol. The summed E-state index contributed by atoms with van der Waals surface area (Å²) in [4.78, 5) is 34.5. The van der Waals surface area contributed by atoms with E-state index in [1.807, 2.05) is 37.3 Å². The summed E-state index contributed by atoms with van der Waals surface area (Å²) in [5.41, 5.74) is 6.08. The molecule has 0 unspecified atom stereocenters. The van der Waals surface area contributed by atoms with Crippen LogP contribution in [0.5, 0.6) is 0 Å².